The van der Waals surface area contributed by atoms with Gasteiger partial charge in [0.1, 0.15) is 6.54 Å². The van der Waals surface area contributed by atoms with Crippen LogP contribution in [0.25, 0.3) is 0 Å². The van der Waals surface area contributed by atoms with Crippen molar-refractivity contribution in [1.29, 1.82) is 0 Å². The van der Waals surface area contributed by atoms with Gasteiger partial charge in [-0.25, -0.2) is 4.79 Å². The third-order valence-electron chi connectivity index (χ3n) is 3.28. The summed E-state index contributed by atoms with van der Waals surface area (Å²) in [6.07, 6.45) is -0.0488. The van der Waals surface area contributed by atoms with Crippen LogP contribution in [0.5, 0.6) is 11.5 Å². The van der Waals surface area contributed by atoms with E-state index in [-0.39, 0.29) is 19.5 Å². The minimum Gasteiger partial charge on any atom is -0.493 e. The van der Waals surface area contributed by atoms with Crippen molar-refractivity contribution < 1.29 is 33.3 Å². The molecule has 0 aliphatic carbocycles. The molecule has 0 heterocycles. The molecule has 0 aromatic heterocycles. The fourth-order valence-electron chi connectivity index (χ4n) is 1.92. The zero-order valence-corrected chi connectivity index (χ0v) is 14.7. The van der Waals surface area contributed by atoms with Gasteiger partial charge in [-0.05, 0) is 12.1 Å². The van der Waals surface area contributed by atoms with Crippen LogP contribution in [0.15, 0.2) is 18.2 Å². The van der Waals surface area contributed by atoms with Gasteiger partial charge in [0.05, 0.1) is 34.9 Å². The van der Waals surface area contributed by atoms with Crippen LogP contribution < -0.4 is 14.8 Å². The van der Waals surface area contributed by atoms with Crippen molar-refractivity contribution in [1.82, 2.24) is 4.90 Å². The molecular weight excluding hydrogens is 332 g/mol. The number of anilines is 1. The minimum atomic E-state index is -0.604. The fourth-order valence-corrected chi connectivity index (χ4v) is 1.92. The third-order valence-corrected chi connectivity index (χ3v) is 3.28. The van der Waals surface area contributed by atoms with Crippen LogP contribution in [0, 0.1) is 0 Å². The molecule has 9 nitrogen and oxygen atoms in total. The molecule has 0 spiro atoms. The lowest BCUT2D eigenvalue weighted by Crippen LogP contribution is -2.40. The van der Waals surface area contributed by atoms with Crippen LogP contribution >= 0.6 is 0 Å². The summed E-state index contributed by atoms with van der Waals surface area (Å²) in [4.78, 5) is 36.3. The predicted octanol–water partition coefficient (Wildman–Crippen LogP) is 1.27. The zero-order valence-electron chi connectivity index (χ0n) is 14.7. The van der Waals surface area contributed by atoms with E-state index in [0.29, 0.717) is 17.2 Å². The topological polar surface area (TPSA) is 103 Å². The van der Waals surface area contributed by atoms with Crippen molar-refractivity contribution in [2.75, 3.05) is 46.8 Å². The fraction of sp³-hybridized carbons (Fsp3) is 0.438. The SMILES string of the molecule is COC(=O)CCN(CC(=O)OC)C(=O)Nc1ccc(OC)c(OC)c1. The number of ether oxygens (including phenoxy) is 4. The van der Waals surface area contributed by atoms with Crippen molar-refractivity contribution in [3.8, 4) is 11.5 Å². The Kier molecular flexibility index (Phi) is 8.04. The van der Waals surface area contributed by atoms with Crippen molar-refractivity contribution in [3.63, 3.8) is 0 Å². The zero-order chi connectivity index (χ0) is 18.8. The van der Waals surface area contributed by atoms with Gasteiger partial charge in [-0.15, -0.1) is 0 Å². The second kappa shape index (κ2) is 10.0. The van der Waals surface area contributed by atoms with Crippen LogP contribution in [0.4, 0.5) is 10.5 Å². The van der Waals surface area contributed by atoms with Crippen LogP contribution in [0.3, 0.4) is 0 Å². The molecule has 9 heteroatoms. The average molecular weight is 354 g/mol. The van der Waals surface area contributed by atoms with Gasteiger partial charge in [0.25, 0.3) is 0 Å². The van der Waals surface area contributed by atoms with E-state index in [0.717, 1.165) is 4.90 Å². The van der Waals surface area contributed by atoms with E-state index >= 15 is 0 Å². The Morgan fingerprint density at radius 1 is 0.960 bits per heavy atom. The quantitative estimate of drug-likeness (QED) is 0.701. The lowest BCUT2D eigenvalue weighted by molar-refractivity contribution is -0.143. The molecule has 0 aliphatic heterocycles. The Bertz CT molecular complexity index is 619. The van der Waals surface area contributed by atoms with Crippen LogP contribution in [-0.2, 0) is 19.1 Å². The summed E-state index contributed by atoms with van der Waals surface area (Å²) in [5.41, 5.74) is 0.440. The number of amides is 2. The van der Waals surface area contributed by atoms with E-state index in [9.17, 15) is 14.4 Å². The van der Waals surface area contributed by atoms with E-state index in [4.69, 9.17) is 9.47 Å². The highest BCUT2D eigenvalue weighted by atomic mass is 16.5. The second-order valence-electron chi connectivity index (χ2n) is 4.82. The molecule has 1 aromatic rings. The number of esters is 2. The molecule has 2 amide bonds. The smallest absolute Gasteiger partial charge is 0.325 e. The maximum Gasteiger partial charge on any atom is 0.325 e. The number of carbonyl (C=O) groups excluding carboxylic acids is 3. The van der Waals surface area contributed by atoms with Crippen LogP contribution in [0.2, 0.25) is 0 Å². The predicted molar refractivity (Wildman–Crippen MR) is 88.8 cm³/mol. The summed E-state index contributed by atoms with van der Waals surface area (Å²) in [5.74, 6) is -0.145. The molecule has 0 atom stereocenters. The number of carbonyl (C=O) groups is 3. The van der Waals surface area contributed by atoms with E-state index in [1.54, 1.807) is 18.2 Å². The van der Waals surface area contributed by atoms with Crippen molar-refractivity contribution >= 4 is 23.7 Å². The summed E-state index contributed by atoms with van der Waals surface area (Å²) >= 11 is 0. The molecule has 0 aliphatic rings. The molecule has 1 N–H and O–H groups in total. The Morgan fingerprint density at radius 2 is 1.60 bits per heavy atom. The molecule has 0 fully saturated rings. The Balaban J connectivity index is 2.85. The molecule has 138 valence electrons. The number of rotatable bonds is 8. The molecular formula is C16H22N2O7. The Morgan fingerprint density at radius 3 is 2.16 bits per heavy atom. The molecule has 25 heavy (non-hydrogen) atoms. The second-order valence-corrected chi connectivity index (χ2v) is 4.82. The maximum atomic E-state index is 12.4. The van der Waals surface area contributed by atoms with Gasteiger partial charge in [0.2, 0.25) is 0 Å². The van der Waals surface area contributed by atoms with Gasteiger partial charge >= 0.3 is 18.0 Å². The molecule has 1 rings (SSSR count). The molecule has 0 bridgehead atoms. The Hall–Kier alpha value is -2.97. The van der Waals surface area contributed by atoms with Crippen LogP contribution in [0.1, 0.15) is 6.42 Å². The molecule has 0 saturated carbocycles. The summed E-state index contributed by atoms with van der Waals surface area (Å²) in [6, 6.07) is 4.26. The molecule has 1 aromatic carbocycles. The summed E-state index contributed by atoms with van der Waals surface area (Å²) in [6.45, 7) is -0.298. The summed E-state index contributed by atoms with van der Waals surface area (Å²) in [7, 11) is 5.44. The van der Waals surface area contributed by atoms with Gasteiger partial charge in [-0.2, -0.15) is 0 Å². The van der Waals surface area contributed by atoms with Gasteiger partial charge in [0.15, 0.2) is 11.5 Å². The van der Waals surface area contributed by atoms with Gasteiger partial charge in [-0.1, -0.05) is 0 Å². The maximum absolute atomic E-state index is 12.4. The number of nitrogens with one attached hydrogen (secondary N) is 1. The third kappa shape index (κ3) is 6.21. The van der Waals surface area contributed by atoms with Crippen molar-refractivity contribution in [2.24, 2.45) is 0 Å². The number of benzene rings is 1. The van der Waals surface area contributed by atoms with Gasteiger partial charge < -0.3 is 29.2 Å². The standard InChI is InChI=1S/C16H22N2O7/c1-22-12-6-5-11(9-13(12)23-2)17-16(21)18(10-15(20)25-4)8-7-14(19)24-3/h5-6,9H,7-8,10H2,1-4H3,(H,17,21). The highest BCUT2D eigenvalue weighted by Crippen LogP contribution is 2.29. The van der Waals surface area contributed by atoms with Crippen molar-refractivity contribution in [2.45, 2.75) is 6.42 Å². The summed E-state index contributed by atoms with van der Waals surface area (Å²) < 4.78 is 19.4. The number of nitrogens with zero attached hydrogens (tertiary/aromatic N) is 1. The number of hydrogen-bond acceptors (Lipinski definition) is 7. The first-order valence-corrected chi connectivity index (χ1v) is 7.36. The van der Waals surface area contributed by atoms with Crippen LogP contribution in [-0.4, -0.2) is 64.4 Å². The monoisotopic (exact) mass is 354 g/mol. The lowest BCUT2D eigenvalue weighted by Gasteiger charge is -2.21. The van der Waals surface area contributed by atoms with Gasteiger partial charge in [-0.3, -0.25) is 9.59 Å². The van der Waals surface area contributed by atoms with Crippen molar-refractivity contribution in [3.05, 3.63) is 18.2 Å². The van der Waals surface area contributed by atoms with E-state index in [1.165, 1.54) is 28.4 Å². The minimum absolute atomic E-state index is 0.000889. The first-order valence-electron chi connectivity index (χ1n) is 7.36. The van der Waals surface area contributed by atoms with Gasteiger partial charge in [0, 0.05) is 18.3 Å². The number of hydrogen-bond donors (Lipinski definition) is 1. The Labute approximate surface area is 145 Å². The highest BCUT2D eigenvalue weighted by Gasteiger charge is 2.19. The first kappa shape index (κ1) is 20.1. The molecule has 0 unspecified atom stereocenters. The first-order chi connectivity index (χ1) is 11.9. The average Bonchev–Trinajstić information content (AvgIpc) is 2.63. The number of methoxy groups -OCH3 is 4. The largest absolute Gasteiger partial charge is 0.493 e. The summed E-state index contributed by atoms with van der Waals surface area (Å²) in [5, 5.41) is 2.63. The molecule has 0 saturated heterocycles. The normalized spacial score (nSPS) is 9.76. The lowest BCUT2D eigenvalue weighted by atomic mass is 10.2. The van der Waals surface area contributed by atoms with E-state index in [2.05, 4.69) is 14.8 Å². The van der Waals surface area contributed by atoms with E-state index in [1.807, 2.05) is 0 Å². The number of urea groups is 1. The molecule has 0 radical (unpaired) electrons. The highest BCUT2D eigenvalue weighted by molar-refractivity contribution is 5.92. The van der Waals surface area contributed by atoms with E-state index < -0.39 is 18.0 Å².